The second-order valence-electron chi connectivity index (χ2n) is 5.91. The zero-order valence-corrected chi connectivity index (χ0v) is 16.2. The monoisotopic (exact) mass is 382 g/mol. The number of imidazole rings is 1. The van der Waals surface area contributed by atoms with E-state index in [0.29, 0.717) is 6.61 Å². The standard InChI is InChI=1S/C20H22N4O2S/c1-3-12-26-18-11-7-4-8-15(18)13-21-23-19(25)14-27-20-22-16-9-5-6-10-17(16)24(20)2/h4-11,13H,3,12,14H2,1-2H3,(H,23,25)/b21-13-. The highest BCUT2D eigenvalue weighted by molar-refractivity contribution is 7.99. The van der Waals surface area contributed by atoms with Crippen LogP contribution in [0.2, 0.25) is 0 Å². The molecule has 1 amide bonds. The molecule has 2 aromatic carbocycles. The van der Waals surface area contributed by atoms with Gasteiger partial charge in [-0.15, -0.1) is 0 Å². The Bertz CT molecular complexity index is 952. The Balaban J connectivity index is 1.55. The largest absolute Gasteiger partial charge is 0.493 e. The van der Waals surface area contributed by atoms with Crippen molar-refractivity contribution >= 4 is 34.9 Å². The summed E-state index contributed by atoms with van der Waals surface area (Å²) in [5.74, 6) is 0.810. The van der Waals surface area contributed by atoms with E-state index in [1.54, 1.807) is 6.21 Å². The third-order valence-electron chi connectivity index (χ3n) is 3.85. The Morgan fingerprint density at radius 2 is 2.04 bits per heavy atom. The fourth-order valence-corrected chi connectivity index (χ4v) is 3.30. The molecule has 0 radical (unpaired) electrons. The molecule has 1 heterocycles. The Labute approximate surface area is 162 Å². The Hall–Kier alpha value is -2.80. The van der Waals surface area contributed by atoms with Gasteiger partial charge < -0.3 is 9.30 Å². The van der Waals surface area contributed by atoms with E-state index >= 15 is 0 Å². The molecule has 27 heavy (non-hydrogen) atoms. The third-order valence-corrected chi connectivity index (χ3v) is 4.88. The van der Waals surface area contributed by atoms with Crippen LogP contribution in [0.15, 0.2) is 58.8 Å². The van der Waals surface area contributed by atoms with Gasteiger partial charge in [-0.2, -0.15) is 5.10 Å². The number of aryl methyl sites for hydroxylation is 1. The number of para-hydroxylation sites is 3. The van der Waals surface area contributed by atoms with Crippen molar-refractivity contribution in [2.75, 3.05) is 12.4 Å². The molecule has 3 rings (SSSR count). The summed E-state index contributed by atoms with van der Waals surface area (Å²) in [6, 6.07) is 15.5. The lowest BCUT2D eigenvalue weighted by molar-refractivity contribution is -0.118. The van der Waals surface area contributed by atoms with Crippen molar-refractivity contribution in [1.82, 2.24) is 15.0 Å². The number of benzene rings is 2. The van der Waals surface area contributed by atoms with Gasteiger partial charge in [0.15, 0.2) is 5.16 Å². The molecular weight excluding hydrogens is 360 g/mol. The molecular formula is C20H22N4O2S. The van der Waals surface area contributed by atoms with Crippen LogP contribution in [0.4, 0.5) is 0 Å². The van der Waals surface area contributed by atoms with Gasteiger partial charge in [-0.25, -0.2) is 10.4 Å². The van der Waals surface area contributed by atoms with E-state index in [1.165, 1.54) is 11.8 Å². The van der Waals surface area contributed by atoms with Crippen LogP contribution < -0.4 is 10.2 Å². The number of hydrogen-bond acceptors (Lipinski definition) is 5. The van der Waals surface area contributed by atoms with Gasteiger partial charge in [-0.3, -0.25) is 4.79 Å². The molecule has 0 aliphatic heterocycles. The van der Waals surface area contributed by atoms with Gasteiger partial charge in [0.25, 0.3) is 5.91 Å². The summed E-state index contributed by atoms with van der Waals surface area (Å²) in [7, 11) is 1.95. The quantitative estimate of drug-likeness (QED) is 0.367. The third kappa shape index (κ3) is 4.89. The minimum atomic E-state index is -0.185. The van der Waals surface area contributed by atoms with Gasteiger partial charge >= 0.3 is 0 Å². The van der Waals surface area contributed by atoms with Gasteiger partial charge in [-0.05, 0) is 30.7 Å². The number of hydrazone groups is 1. The zero-order chi connectivity index (χ0) is 19.1. The Kier molecular flexibility index (Phi) is 6.49. The maximum Gasteiger partial charge on any atom is 0.250 e. The van der Waals surface area contributed by atoms with Crippen molar-refractivity contribution in [1.29, 1.82) is 0 Å². The maximum absolute atomic E-state index is 12.1. The number of fused-ring (bicyclic) bond motifs is 1. The average molecular weight is 382 g/mol. The second-order valence-corrected chi connectivity index (χ2v) is 6.85. The number of carbonyl (C=O) groups excluding carboxylic acids is 1. The van der Waals surface area contributed by atoms with Gasteiger partial charge in [0.05, 0.1) is 29.6 Å². The van der Waals surface area contributed by atoms with E-state index in [0.717, 1.165) is 33.9 Å². The van der Waals surface area contributed by atoms with E-state index < -0.39 is 0 Å². The topological polar surface area (TPSA) is 68.5 Å². The first-order chi connectivity index (χ1) is 13.2. The molecule has 0 fully saturated rings. The molecule has 7 heteroatoms. The molecule has 0 aliphatic carbocycles. The Morgan fingerprint density at radius 3 is 2.85 bits per heavy atom. The van der Waals surface area contributed by atoms with E-state index in [9.17, 15) is 4.79 Å². The first kappa shape index (κ1) is 19.0. The smallest absolute Gasteiger partial charge is 0.250 e. The first-order valence-corrected chi connectivity index (χ1v) is 9.75. The molecule has 0 saturated heterocycles. The molecule has 1 N–H and O–H groups in total. The normalized spacial score (nSPS) is 11.2. The molecule has 6 nitrogen and oxygen atoms in total. The summed E-state index contributed by atoms with van der Waals surface area (Å²) in [5.41, 5.74) is 5.35. The number of rotatable bonds is 8. The summed E-state index contributed by atoms with van der Waals surface area (Å²) in [4.78, 5) is 16.6. The van der Waals surface area contributed by atoms with E-state index in [4.69, 9.17) is 4.74 Å². The summed E-state index contributed by atoms with van der Waals surface area (Å²) < 4.78 is 7.66. The lowest BCUT2D eigenvalue weighted by Crippen LogP contribution is -2.20. The molecule has 0 aliphatic rings. The van der Waals surface area contributed by atoms with Crippen LogP contribution in [0.5, 0.6) is 5.75 Å². The van der Waals surface area contributed by atoms with Crippen LogP contribution >= 0.6 is 11.8 Å². The van der Waals surface area contributed by atoms with Crippen LogP contribution in [0, 0.1) is 0 Å². The number of nitrogens with one attached hydrogen (secondary N) is 1. The number of nitrogens with zero attached hydrogens (tertiary/aromatic N) is 3. The minimum absolute atomic E-state index is 0.185. The fourth-order valence-electron chi connectivity index (χ4n) is 2.52. The zero-order valence-electron chi connectivity index (χ0n) is 15.4. The number of aromatic nitrogens is 2. The van der Waals surface area contributed by atoms with Crippen LogP contribution in [-0.2, 0) is 11.8 Å². The predicted octanol–water partition coefficient (Wildman–Crippen LogP) is 3.60. The summed E-state index contributed by atoms with van der Waals surface area (Å²) in [5, 5.41) is 4.84. The van der Waals surface area contributed by atoms with Gasteiger partial charge in [0.2, 0.25) is 0 Å². The molecule has 0 unspecified atom stereocenters. The average Bonchev–Trinajstić information content (AvgIpc) is 3.01. The van der Waals surface area contributed by atoms with E-state index in [2.05, 4.69) is 22.4 Å². The highest BCUT2D eigenvalue weighted by Gasteiger charge is 2.10. The molecule has 0 saturated carbocycles. The van der Waals surface area contributed by atoms with Crippen LogP contribution in [0.1, 0.15) is 18.9 Å². The van der Waals surface area contributed by atoms with Crippen molar-refractivity contribution in [2.45, 2.75) is 18.5 Å². The van der Waals surface area contributed by atoms with E-state index in [1.807, 2.05) is 60.1 Å². The predicted molar refractivity (Wildman–Crippen MR) is 109 cm³/mol. The minimum Gasteiger partial charge on any atom is -0.493 e. The lowest BCUT2D eigenvalue weighted by Gasteiger charge is -2.07. The number of hydrogen-bond donors (Lipinski definition) is 1. The van der Waals surface area contributed by atoms with Crippen LogP contribution in [0.3, 0.4) is 0 Å². The highest BCUT2D eigenvalue weighted by Crippen LogP contribution is 2.22. The van der Waals surface area contributed by atoms with Gasteiger partial charge in [0.1, 0.15) is 5.75 Å². The molecule has 0 atom stereocenters. The molecule has 1 aromatic heterocycles. The van der Waals surface area contributed by atoms with Crippen LogP contribution in [0.25, 0.3) is 11.0 Å². The van der Waals surface area contributed by atoms with Crippen molar-refractivity contribution in [3.05, 3.63) is 54.1 Å². The number of amides is 1. The van der Waals surface area contributed by atoms with Crippen molar-refractivity contribution in [3.8, 4) is 5.75 Å². The van der Waals surface area contributed by atoms with E-state index in [-0.39, 0.29) is 11.7 Å². The highest BCUT2D eigenvalue weighted by atomic mass is 32.2. The number of thioether (sulfide) groups is 1. The Morgan fingerprint density at radius 1 is 1.26 bits per heavy atom. The molecule has 140 valence electrons. The number of carbonyl (C=O) groups is 1. The van der Waals surface area contributed by atoms with Gasteiger partial charge in [0, 0.05) is 12.6 Å². The summed E-state index contributed by atoms with van der Waals surface area (Å²) in [6.45, 7) is 2.70. The summed E-state index contributed by atoms with van der Waals surface area (Å²) in [6.07, 6.45) is 2.53. The second kappa shape index (κ2) is 9.23. The SMILES string of the molecule is CCCOc1ccccc1/C=N\NC(=O)CSc1nc2ccccc2n1C. The fraction of sp³-hybridized carbons (Fsp3) is 0.250. The van der Waals surface area contributed by atoms with Crippen LogP contribution in [-0.4, -0.2) is 34.0 Å². The van der Waals surface area contributed by atoms with Crippen molar-refractivity contribution in [2.24, 2.45) is 12.1 Å². The maximum atomic E-state index is 12.1. The lowest BCUT2D eigenvalue weighted by atomic mass is 10.2. The molecule has 3 aromatic rings. The summed E-state index contributed by atoms with van der Waals surface area (Å²) >= 11 is 1.38. The first-order valence-electron chi connectivity index (χ1n) is 8.77. The van der Waals surface area contributed by atoms with Crippen molar-refractivity contribution < 1.29 is 9.53 Å². The van der Waals surface area contributed by atoms with Crippen molar-refractivity contribution in [3.63, 3.8) is 0 Å². The molecule has 0 spiro atoms. The molecule has 0 bridgehead atoms. The number of ether oxygens (including phenoxy) is 1. The van der Waals surface area contributed by atoms with Gasteiger partial charge in [-0.1, -0.05) is 43.0 Å².